The molecule has 0 aromatic rings. The Balaban J connectivity index is 2.27. The molecule has 2 nitrogen and oxygen atoms in total. The lowest BCUT2D eigenvalue weighted by molar-refractivity contribution is -0.136. The van der Waals surface area contributed by atoms with E-state index in [0.717, 1.165) is 24.3 Å². The molecule has 1 atom stereocenters. The molecule has 0 spiro atoms. The summed E-state index contributed by atoms with van der Waals surface area (Å²) in [5.41, 5.74) is 2.43. The fraction of sp³-hybridized carbons (Fsp3) is 0.615. The van der Waals surface area contributed by atoms with Gasteiger partial charge in [-0.15, -0.1) is 0 Å². The zero-order chi connectivity index (χ0) is 11.7. The zero-order valence-corrected chi connectivity index (χ0v) is 11.9. The molecule has 88 valence electrons. The van der Waals surface area contributed by atoms with Gasteiger partial charge in [-0.3, -0.25) is 0 Å². The zero-order valence-electron chi connectivity index (χ0n) is 9.75. The molecule has 1 fully saturated rings. The topological polar surface area (TPSA) is 26.3 Å². The van der Waals surface area contributed by atoms with Gasteiger partial charge in [0, 0.05) is 9.15 Å². The van der Waals surface area contributed by atoms with E-state index in [0.29, 0.717) is 5.92 Å². The van der Waals surface area contributed by atoms with Crippen LogP contribution >= 0.6 is 22.6 Å². The van der Waals surface area contributed by atoms with Gasteiger partial charge >= 0.3 is 5.97 Å². The molecule has 0 N–H and O–H groups in total. The molecule has 3 heteroatoms. The summed E-state index contributed by atoms with van der Waals surface area (Å²) in [5.74, 6) is 1.01. The van der Waals surface area contributed by atoms with Crippen LogP contribution in [0.1, 0.15) is 32.6 Å². The van der Waals surface area contributed by atoms with Crippen molar-refractivity contribution in [1.29, 1.82) is 0 Å². The highest BCUT2D eigenvalue weighted by molar-refractivity contribution is 14.1. The summed E-state index contributed by atoms with van der Waals surface area (Å²) in [4.78, 5) is 11.7. The minimum atomic E-state index is -0.157. The number of hydrogen-bond acceptors (Lipinski definition) is 2. The van der Waals surface area contributed by atoms with Crippen LogP contribution in [-0.4, -0.2) is 13.1 Å². The van der Waals surface area contributed by atoms with Gasteiger partial charge in [0.15, 0.2) is 0 Å². The number of esters is 1. The van der Waals surface area contributed by atoms with Crippen molar-refractivity contribution in [3.63, 3.8) is 0 Å². The molecule has 16 heavy (non-hydrogen) atoms. The molecule has 2 aliphatic rings. The molecular formula is C13H17IO2. The number of methoxy groups -OCH3 is 1. The van der Waals surface area contributed by atoms with Gasteiger partial charge < -0.3 is 4.74 Å². The molecule has 2 aliphatic carbocycles. The molecule has 0 aromatic heterocycles. The average Bonchev–Trinajstić information content (AvgIpc) is 3.11. The first-order chi connectivity index (χ1) is 7.67. The standard InChI is InChI=1S/C13H17IO2/c1-3-8-6-10(9-4-5-9)12(14)7-11(8)13(15)16-2/h7-9H,3-6H2,1-2H3. The van der Waals surface area contributed by atoms with Crippen LogP contribution in [0.5, 0.6) is 0 Å². The highest BCUT2D eigenvalue weighted by Gasteiger charge is 2.34. The van der Waals surface area contributed by atoms with Crippen molar-refractivity contribution >= 4 is 28.6 Å². The van der Waals surface area contributed by atoms with Crippen LogP contribution < -0.4 is 0 Å². The highest BCUT2D eigenvalue weighted by atomic mass is 127. The first kappa shape index (κ1) is 12.1. The minimum Gasteiger partial charge on any atom is -0.466 e. The largest absolute Gasteiger partial charge is 0.466 e. The summed E-state index contributed by atoms with van der Waals surface area (Å²) in [6.07, 6.45) is 6.78. The summed E-state index contributed by atoms with van der Waals surface area (Å²) in [5, 5.41) is 0. The van der Waals surface area contributed by atoms with Crippen LogP contribution in [0.3, 0.4) is 0 Å². The monoisotopic (exact) mass is 332 g/mol. The van der Waals surface area contributed by atoms with E-state index in [9.17, 15) is 4.79 Å². The Morgan fingerprint density at radius 1 is 1.56 bits per heavy atom. The number of allylic oxidation sites excluding steroid dienone is 3. The van der Waals surface area contributed by atoms with E-state index < -0.39 is 0 Å². The van der Waals surface area contributed by atoms with Crippen molar-refractivity contribution in [1.82, 2.24) is 0 Å². The third kappa shape index (κ3) is 2.34. The molecule has 0 aromatic carbocycles. The Hall–Kier alpha value is -0.320. The average molecular weight is 332 g/mol. The van der Waals surface area contributed by atoms with E-state index >= 15 is 0 Å². The lowest BCUT2D eigenvalue weighted by atomic mass is 9.83. The maximum atomic E-state index is 11.7. The van der Waals surface area contributed by atoms with E-state index in [2.05, 4.69) is 29.5 Å². The van der Waals surface area contributed by atoms with Crippen LogP contribution in [0.15, 0.2) is 20.8 Å². The van der Waals surface area contributed by atoms with Gasteiger partial charge in [0.25, 0.3) is 0 Å². The van der Waals surface area contributed by atoms with Crippen molar-refractivity contribution in [2.24, 2.45) is 11.8 Å². The van der Waals surface area contributed by atoms with Gasteiger partial charge in [-0.25, -0.2) is 4.79 Å². The molecule has 2 rings (SSSR count). The van der Waals surface area contributed by atoms with Crippen molar-refractivity contribution in [3.05, 3.63) is 20.8 Å². The highest BCUT2D eigenvalue weighted by Crippen LogP contribution is 2.46. The summed E-state index contributed by atoms with van der Waals surface area (Å²) >= 11 is 2.36. The SMILES string of the molecule is CCC1CC(C2CC2)=C(I)C=C1C(=O)OC. The van der Waals surface area contributed by atoms with Gasteiger partial charge in [-0.1, -0.05) is 12.5 Å². The van der Waals surface area contributed by atoms with Crippen LogP contribution in [0.4, 0.5) is 0 Å². The molecular weight excluding hydrogens is 315 g/mol. The fourth-order valence-electron chi connectivity index (χ4n) is 2.32. The predicted molar refractivity (Wildman–Crippen MR) is 72.3 cm³/mol. The van der Waals surface area contributed by atoms with Gasteiger partial charge in [-0.2, -0.15) is 0 Å². The summed E-state index contributed by atoms with van der Waals surface area (Å²) < 4.78 is 6.12. The van der Waals surface area contributed by atoms with Crippen LogP contribution in [0, 0.1) is 11.8 Å². The number of rotatable bonds is 3. The Bertz CT molecular complexity index is 364. The normalized spacial score (nSPS) is 25.4. The number of halogens is 1. The van der Waals surface area contributed by atoms with Crippen LogP contribution in [0.2, 0.25) is 0 Å². The van der Waals surface area contributed by atoms with E-state index in [1.165, 1.54) is 23.5 Å². The number of hydrogen-bond donors (Lipinski definition) is 0. The Morgan fingerprint density at radius 3 is 2.75 bits per heavy atom. The second-order valence-electron chi connectivity index (χ2n) is 4.55. The van der Waals surface area contributed by atoms with Gasteiger partial charge in [0.1, 0.15) is 0 Å². The first-order valence-corrected chi connectivity index (χ1v) is 6.93. The maximum Gasteiger partial charge on any atom is 0.334 e. The Kier molecular flexibility index (Phi) is 3.72. The minimum absolute atomic E-state index is 0.157. The van der Waals surface area contributed by atoms with E-state index in [-0.39, 0.29) is 5.97 Å². The van der Waals surface area contributed by atoms with Gasteiger partial charge in [0.05, 0.1) is 7.11 Å². The van der Waals surface area contributed by atoms with Gasteiger partial charge in [-0.05, 0) is 66.2 Å². The van der Waals surface area contributed by atoms with E-state index in [1.54, 1.807) is 5.57 Å². The molecule has 0 amide bonds. The summed E-state index contributed by atoms with van der Waals surface area (Å²) in [6.45, 7) is 2.14. The molecule has 0 radical (unpaired) electrons. The van der Waals surface area contributed by atoms with E-state index in [1.807, 2.05) is 6.08 Å². The number of carbonyl (C=O) groups is 1. The number of ether oxygens (including phenoxy) is 1. The Labute approximate surface area is 110 Å². The Morgan fingerprint density at radius 2 is 2.25 bits per heavy atom. The summed E-state index contributed by atoms with van der Waals surface area (Å²) in [6, 6.07) is 0. The molecule has 0 bridgehead atoms. The molecule has 0 saturated heterocycles. The lowest BCUT2D eigenvalue weighted by Gasteiger charge is -2.24. The first-order valence-electron chi connectivity index (χ1n) is 5.85. The number of carbonyl (C=O) groups excluding carboxylic acids is 1. The quantitative estimate of drug-likeness (QED) is 0.583. The van der Waals surface area contributed by atoms with Crippen LogP contribution in [0.25, 0.3) is 0 Å². The van der Waals surface area contributed by atoms with Crippen molar-refractivity contribution in [2.75, 3.05) is 7.11 Å². The molecule has 1 unspecified atom stereocenters. The molecule has 0 aliphatic heterocycles. The van der Waals surface area contributed by atoms with Crippen molar-refractivity contribution in [2.45, 2.75) is 32.6 Å². The summed E-state index contributed by atoms with van der Waals surface area (Å²) in [7, 11) is 1.46. The smallest absolute Gasteiger partial charge is 0.334 e. The van der Waals surface area contributed by atoms with Crippen molar-refractivity contribution < 1.29 is 9.53 Å². The van der Waals surface area contributed by atoms with E-state index in [4.69, 9.17) is 4.74 Å². The maximum absolute atomic E-state index is 11.7. The third-order valence-electron chi connectivity index (χ3n) is 3.48. The van der Waals surface area contributed by atoms with Gasteiger partial charge in [0.2, 0.25) is 0 Å². The van der Waals surface area contributed by atoms with Crippen molar-refractivity contribution in [3.8, 4) is 0 Å². The fourth-order valence-corrected chi connectivity index (χ4v) is 3.32. The second kappa shape index (κ2) is 4.90. The molecule has 1 saturated carbocycles. The third-order valence-corrected chi connectivity index (χ3v) is 4.48. The van der Waals surface area contributed by atoms with Crippen LogP contribution in [-0.2, 0) is 9.53 Å². The lowest BCUT2D eigenvalue weighted by Crippen LogP contribution is -2.18. The molecule has 0 heterocycles. The predicted octanol–water partition coefficient (Wildman–Crippen LogP) is 3.61. The second-order valence-corrected chi connectivity index (χ2v) is 5.71.